The summed E-state index contributed by atoms with van der Waals surface area (Å²) >= 11 is 0. The molecule has 2 aliphatic heterocycles. The predicted octanol–water partition coefficient (Wildman–Crippen LogP) is 2.10. The van der Waals surface area contributed by atoms with E-state index in [-0.39, 0.29) is 17.7 Å². The van der Waals surface area contributed by atoms with Crippen LogP contribution in [0.4, 0.5) is 0 Å². The number of benzene rings is 1. The number of rotatable bonds is 0. The van der Waals surface area contributed by atoms with Crippen LogP contribution >= 0.6 is 0 Å². The van der Waals surface area contributed by atoms with Gasteiger partial charge in [0.25, 0.3) is 0 Å². The summed E-state index contributed by atoms with van der Waals surface area (Å²) in [5.41, 5.74) is 1.37. The Kier molecular flexibility index (Phi) is 2.77. The maximum Gasteiger partial charge on any atom is 0.131 e. The number of nitrogens with zero attached hydrogens (tertiary/aromatic N) is 2. The smallest absolute Gasteiger partial charge is 0.131 e. The molecule has 0 bridgehead atoms. The van der Waals surface area contributed by atoms with Crippen molar-refractivity contribution in [3.8, 4) is 11.8 Å². The van der Waals surface area contributed by atoms with Crippen molar-refractivity contribution in [2.75, 3.05) is 20.2 Å². The van der Waals surface area contributed by atoms with E-state index in [9.17, 15) is 0 Å². The number of fused-ring (bicyclic) bond motifs is 3. The molecule has 0 saturated carbocycles. The van der Waals surface area contributed by atoms with E-state index < -0.39 is 0 Å². The Bertz CT molecular complexity index is 548. The topological polar surface area (TPSA) is 45.5 Å². The van der Waals surface area contributed by atoms with E-state index in [0.717, 1.165) is 24.5 Å². The first-order valence-corrected chi connectivity index (χ1v) is 6.58. The van der Waals surface area contributed by atoms with E-state index in [2.05, 4.69) is 31.9 Å². The minimum absolute atomic E-state index is 0.00677. The lowest BCUT2D eigenvalue weighted by Crippen LogP contribution is -2.57. The second kappa shape index (κ2) is 4.22. The van der Waals surface area contributed by atoms with Crippen LogP contribution in [0.2, 0.25) is 0 Å². The van der Waals surface area contributed by atoms with Gasteiger partial charge >= 0.3 is 0 Å². The molecule has 0 N–H and O–H groups in total. The molecule has 1 saturated heterocycles. The summed E-state index contributed by atoms with van der Waals surface area (Å²) in [5.74, 6) is 0.864. The van der Waals surface area contributed by atoms with E-state index in [0.29, 0.717) is 5.56 Å². The van der Waals surface area contributed by atoms with Gasteiger partial charge in [-0.05, 0) is 39.1 Å². The summed E-state index contributed by atoms with van der Waals surface area (Å²) < 4.78 is 12.0. The highest BCUT2D eigenvalue weighted by Gasteiger charge is 2.48. The maximum absolute atomic E-state index is 9.07. The average molecular weight is 258 g/mol. The molecule has 100 valence electrons. The first-order chi connectivity index (χ1) is 9.03. The lowest BCUT2D eigenvalue weighted by atomic mass is 9.84. The molecule has 1 fully saturated rings. The number of morpholine rings is 1. The fourth-order valence-corrected chi connectivity index (χ4v) is 3.05. The van der Waals surface area contributed by atoms with Gasteiger partial charge in [0.05, 0.1) is 24.3 Å². The Labute approximate surface area is 113 Å². The van der Waals surface area contributed by atoms with Crippen LogP contribution < -0.4 is 4.74 Å². The highest BCUT2D eigenvalue weighted by Crippen LogP contribution is 2.45. The van der Waals surface area contributed by atoms with Gasteiger partial charge in [-0.3, -0.25) is 4.90 Å². The Morgan fingerprint density at radius 2 is 2.21 bits per heavy atom. The number of hydrogen-bond acceptors (Lipinski definition) is 4. The summed E-state index contributed by atoms with van der Waals surface area (Å²) in [4.78, 5) is 2.29. The lowest BCUT2D eigenvalue weighted by Gasteiger charge is -2.50. The number of nitriles is 1. The Balaban J connectivity index is 2.13. The second-order valence-corrected chi connectivity index (χ2v) is 5.79. The van der Waals surface area contributed by atoms with Gasteiger partial charge in [0.2, 0.25) is 0 Å². The number of hydrogen-bond donors (Lipinski definition) is 0. The van der Waals surface area contributed by atoms with Crippen molar-refractivity contribution in [3.63, 3.8) is 0 Å². The Morgan fingerprint density at radius 1 is 1.42 bits per heavy atom. The van der Waals surface area contributed by atoms with Gasteiger partial charge in [-0.25, -0.2) is 0 Å². The third-order valence-electron chi connectivity index (χ3n) is 4.02. The van der Waals surface area contributed by atoms with Gasteiger partial charge in [-0.2, -0.15) is 5.26 Å². The normalized spacial score (nSPS) is 28.7. The molecular formula is C15H18N2O2. The van der Waals surface area contributed by atoms with Gasteiger partial charge in [0, 0.05) is 12.1 Å². The first kappa shape index (κ1) is 12.5. The molecule has 4 nitrogen and oxygen atoms in total. The zero-order chi connectivity index (χ0) is 13.6. The zero-order valence-electron chi connectivity index (χ0n) is 11.5. The summed E-state index contributed by atoms with van der Waals surface area (Å²) in [7, 11) is 2.10. The summed E-state index contributed by atoms with van der Waals surface area (Å²) in [6.07, 6.45) is -0.00677. The zero-order valence-corrected chi connectivity index (χ0v) is 11.5. The van der Waals surface area contributed by atoms with Crippen LogP contribution in [0, 0.1) is 11.3 Å². The first-order valence-electron chi connectivity index (χ1n) is 6.58. The molecule has 0 radical (unpaired) electrons. The molecule has 0 aliphatic carbocycles. The molecule has 0 unspecified atom stereocenters. The largest absolute Gasteiger partial charge is 0.485 e. The van der Waals surface area contributed by atoms with Crippen molar-refractivity contribution in [1.82, 2.24) is 4.90 Å². The highest BCUT2D eigenvalue weighted by atomic mass is 16.6. The summed E-state index contributed by atoms with van der Waals surface area (Å²) in [5, 5.41) is 9.07. The van der Waals surface area contributed by atoms with Gasteiger partial charge in [0.1, 0.15) is 17.5 Å². The Morgan fingerprint density at radius 3 is 2.95 bits per heavy atom. The van der Waals surface area contributed by atoms with Gasteiger partial charge < -0.3 is 9.47 Å². The van der Waals surface area contributed by atoms with Crippen molar-refractivity contribution < 1.29 is 9.47 Å². The molecular weight excluding hydrogens is 240 g/mol. The molecule has 19 heavy (non-hydrogen) atoms. The fourth-order valence-electron chi connectivity index (χ4n) is 3.05. The summed E-state index contributed by atoms with van der Waals surface area (Å²) in [6.45, 7) is 5.74. The monoisotopic (exact) mass is 258 g/mol. The Hall–Kier alpha value is -1.57. The maximum atomic E-state index is 9.07. The SMILES string of the molecule is CN1CCO[C@@H]2[C@@H]1c1cc(C#N)ccc1OC2(C)C. The van der Waals surface area contributed by atoms with Crippen LogP contribution in [-0.4, -0.2) is 36.8 Å². The van der Waals surface area contributed by atoms with Crippen LogP contribution in [0.1, 0.15) is 31.0 Å². The summed E-state index contributed by atoms with van der Waals surface area (Å²) in [6, 6.07) is 7.97. The van der Waals surface area contributed by atoms with Crippen molar-refractivity contribution in [3.05, 3.63) is 29.3 Å². The molecule has 1 aromatic carbocycles. The lowest BCUT2D eigenvalue weighted by molar-refractivity contribution is -0.155. The van der Waals surface area contributed by atoms with Crippen LogP contribution in [0.25, 0.3) is 0 Å². The van der Waals surface area contributed by atoms with E-state index in [1.807, 2.05) is 12.1 Å². The molecule has 2 atom stereocenters. The molecule has 1 aromatic rings. The van der Waals surface area contributed by atoms with E-state index in [4.69, 9.17) is 14.7 Å². The fraction of sp³-hybridized carbons (Fsp3) is 0.533. The molecule has 3 rings (SSSR count). The van der Waals surface area contributed by atoms with Crippen LogP contribution in [0.3, 0.4) is 0 Å². The van der Waals surface area contributed by atoms with Crippen LogP contribution in [0.15, 0.2) is 18.2 Å². The highest BCUT2D eigenvalue weighted by molar-refractivity contribution is 5.46. The molecule has 2 aliphatic rings. The minimum Gasteiger partial charge on any atom is -0.485 e. The predicted molar refractivity (Wildman–Crippen MR) is 71.0 cm³/mol. The van der Waals surface area contributed by atoms with Gasteiger partial charge in [0.15, 0.2) is 0 Å². The standard InChI is InChI=1S/C15H18N2O2/c1-15(2)14-13(17(3)6-7-18-14)11-8-10(9-16)4-5-12(11)19-15/h4-5,8,13-14H,6-7H2,1-3H3/t13-,14+/m0/s1. The molecule has 0 amide bonds. The van der Waals surface area contributed by atoms with Crippen LogP contribution in [-0.2, 0) is 4.74 Å². The van der Waals surface area contributed by atoms with E-state index >= 15 is 0 Å². The van der Waals surface area contributed by atoms with Crippen molar-refractivity contribution in [2.45, 2.75) is 31.6 Å². The van der Waals surface area contributed by atoms with Crippen molar-refractivity contribution in [2.24, 2.45) is 0 Å². The van der Waals surface area contributed by atoms with Crippen molar-refractivity contribution in [1.29, 1.82) is 5.26 Å². The van der Waals surface area contributed by atoms with Crippen molar-refractivity contribution >= 4 is 0 Å². The minimum atomic E-state index is -0.361. The molecule has 2 heterocycles. The molecule has 0 spiro atoms. The third-order valence-corrected chi connectivity index (χ3v) is 4.02. The third kappa shape index (κ3) is 1.90. The number of ether oxygens (including phenoxy) is 2. The number of likely N-dealkylation sites (N-methyl/N-ethyl adjacent to an activating group) is 1. The second-order valence-electron chi connectivity index (χ2n) is 5.79. The van der Waals surface area contributed by atoms with E-state index in [1.165, 1.54) is 0 Å². The quantitative estimate of drug-likeness (QED) is 0.715. The average Bonchev–Trinajstić information content (AvgIpc) is 2.38. The molecule has 4 heteroatoms. The molecule has 0 aromatic heterocycles. The van der Waals surface area contributed by atoms with Gasteiger partial charge in [-0.15, -0.1) is 0 Å². The van der Waals surface area contributed by atoms with Gasteiger partial charge in [-0.1, -0.05) is 0 Å². The van der Waals surface area contributed by atoms with E-state index in [1.54, 1.807) is 6.07 Å². The van der Waals surface area contributed by atoms with Crippen LogP contribution in [0.5, 0.6) is 5.75 Å².